The second-order valence-corrected chi connectivity index (χ2v) is 7.39. The van der Waals surface area contributed by atoms with Crippen LogP contribution in [0.25, 0.3) is 0 Å². The lowest BCUT2D eigenvalue weighted by Crippen LogP contribution is -2.43. The molecule has 0 saturated carbocycles. The predicted molar refractivity (Wildman–Crippen MR) is 95.9 cm³/mol. The Balaban J connectivity index is 1.44. The van der Waals surface area contributed by atoms with Gasteiger partial charge in [0.15, 0.2) is 0 Å². The van der Waals surface area contributed by atoms with Gasteiger partial charge in [-0.05, 0) is 25.2 Å². The van der Waals surface area contributed by atoms with E-state index >= 15 is 0 Å². The number of hydrogen-bond acceptors (Lipinski definition) is 5. The Morgan fingerprint density at radius 2 is 1.67 bits per heavy atom. The molecule has 3 saturated heterocycles. The van der Waals surface area contributed by atoms with Crippen molar-refractivity contribution in [1.29, 1.82) is 0 Å². The highest BCUT2D eigenvalue weighted by Gasteiger charge is 2.68. The fourth-order valence-electron chi connectivity index (χ4n) is 4.09. The number of carboxylic acid groups (broad SMARTS) is 1. The molecule has 6 atom stereocenters. The lowest BCUT2D eigenvalue weighted by molar-refractivity contribution is -0.137. The van der Waals surface area contributed by atoms with Crippen LogP contribution in [0, 0.1) is 11.8 Å². The molecule has 3 rings (SSSR count). The maximum atomic E-state index is 12.0. The van der Waals surface area contributed by atoms with E-state index in [0.29, 0.717) is 19.4 Å². The van der Waals surface area contributed by atoms with Crippen molar-refractivity contribution in [3.8, 4) is 0 Å². The fraction of sp³-hybridized carbons (Fsp3) is 0.737. The Morgan fingerprint density at radius 1 is 0.963 bits per heavy atom. The fourth-order valence-corrected chi connectivity index (χ4v) is 4.09. The van der Waals surface area contributed by atoms with Gasteiger partial charge in [-0.15, -0.1) is 0 Å². The molecule has 0 aromatic rings. The average molecular weight is 380 g/mol. The summed E-state index contributed by atoms with van der Waals surface area (Å²) in [7, 11) is 0. The van der Waals surface area contributed by atoms with Crippen molar-refractivity contribution in [2.24, 2.45) is 11.8 Å². The van der Waals surface area contributed by atoms with Gasteiger partial charge in [0.1, 0.15) is 12.2 Å². The van der Waals surface area contributed by atoms with Crippen molar-refractivity contribution in [1.82, 2.24) is 10.6 Å². The van der Waals surface area contributed by atoms with E-state index in [4.69, 9.17) is 14.6 Å². The highest BCUT2D eigenvalue weighted by Crippen LogP contribution is 2.54. The molecular formula is C19H28N2O6. The Hall–Kier alpha value is -1.93. The molecule has 150 valence electrons. The van der Waals surface area contributed by atoms with Gasteiger partial charge in [0.2, 0.25) is 11.8 Å². The minimum atomic E-state index is -0.771. The van der Waals surface area contributed by atoms with Crippen LogP contribution in [-0.4, -0.2) is 60.4 Å². The van der Waals surface area contributed by atoms with E-state index in [1.807, 2.05) is 6.08 Å². The van der Waals surface area contributed by atoms with E-state index in [0.717, 1.165) is 12.8 Å². The van der Waals surface area contributed by atoms with Crippen LogP contribution in [0.15, 0.2) is 12.2 Å². The van der Waals surface area contributed by atoms with Crippen LogP contribution in [-0.2, 0) is 23.9 Å². The van der Waals surface area contributed by atoms with E-state index in [1.165, 1.54) is 0 Å². The topological polar surface area (TPSA) is 117 Å². The molecule has 0 aromatic heterocycles. The van der Waals surface area contributed by atoms with Crippen LogP contribution in [0.5, 0.6) is 0 Å². The van der Waals surface area contributed by atoms with Crippen LogP contribution in [0.1, 0.15) is 39.0 Å². The van der Waals surface area contributed by atoms with Crippen LogP contribution in [0.3, 0.4) is 0 Å². The first kappa shape index (κ1) is 19.8. The van der Waals surface area contributed by atoms with Gasteiger partial charge >= 0.3 is 5.97 Å². The molecule has 3 heterocycles. The number of unbranched alkanes of at least 4 members (excludes halogenated alkanes) is 1. The molecule has 0 spiro atoms. The summed E-state index contributed by atoms with van der Waals surface area (Å²) in [6.07, 6.45) is 7.31. The monoisotopic (exact) mass is 380 g/mol. The predicted octanol–water partition coefficient (Wildman–Crippen LogP) is 0.611. The van der Waals surface area contributed by atoms with E-state index in [1.54, 1.807) is 6.92 Å². The van der Waals surface area contributed by atoms with Gasteiger partial charge in [-0.3, -0.25) is 14.4 Å². The molecule has 0 unspecified atom stereocenters. The standard InChI is InChI=1S/C19H28N2O6/c1-2-13(22)21-10-14(23)20-9-12-11(7-5-3-4-6-8-15(24)25)16-18-19(27-18)17(12)26-16/h3,5,11-12,16-19H,2,4,6-10H2,1H3,(H,20,23)(H,21,22)(H,24,25)/b5-3-/t11-,12+,16+,17-,18-,19+/m0/s1. The van der Waals surface area contributed by atoms with E-state index in [2.05, 4.69) is 16.7 Å². The van der Waals surface area contributed by atoms with Gasteiger partial charge in [0, 0.05) is 25.3 Å². The van der Waals surface area contributed by atoms with Crippen LogP contribution >= 0.6 is 0 Å². The van der Waals surface area contributed by atoms with Crippen molar-refractivity contribution in [3.63, 3.8) is 0 Å². The van der Waals surface area contributed by atoms with Crippen LogP contribution in [0.4, 0.5) is 0 Å². The Kier molecular flexibility index (Phi) is 6.49. The van der Waals surface area contributed by atoms with Gasteiger partial charge in [0.05, 0.1) is 18.8 Å². The quantitative estimate of drug-likeness (QED) is 0.275. The number of nitrogens with one attached hydrogen (secondary N) is 2. The lowest BCUT2D eigenvalue weighted by Gasteiger charge is -2.25. The molecule has 0 aliphatic carbocycles. The van der Waals surface area contributed by atoms with Gasteiger partial charge in [-0.2, -0.15) is 0 Å². The summed E-state index contributed by atoms with van der Waals surface area (Å²) in [5, 5.41) is 14.1. The number of ether oxygens (including phenoxy) is 2. The second-order valence-electron chi connectivity index (χ2n) is 7.39. The third-order valence-corrected chi connectivity index (χ3v) is 5.56. The summed E-state index contributed by atoms with van der Waals surface area (Å²) in [4.78, 5) is 33.7. The third kappa shape index (κ3) is 4.87. The molecule has 3 fully saturated rings. The number of carboxylic acids is 1. The number of carbonyl (C=O) groups is 3. The van der Waals surface area contributed by atoms with Gasteiger partial charge in [-0.25, -0.2) is 0 Å². The zero-order valence-corrected chi connectivity index (χ0v) is 15.6. The smallest absolute Gasteiger partial charge is 0.303 e. The minimum absolute atomic E-state index is 0.00888. The number of rotatable bonds is 11. The highest BCUT2D eigenvalue weighted by molar-refractivity contribution is 5.84. The van der Waals surface area contributed by atoms with Gasteiger partial charge < -0.3 is 25.2 Å². The largest absolute Gasteiger partial charge is 0.481 e. The lowest BCUT2D eigenvalue weighted by atomic mass is 9.77. The third-order valence-electron chi connectivity index (χ3n) is 5.56. The number of aliphatic carboxylic acids is 1. The number of carbonyl (C=O) groups excluding carboxylic acids is 2. The molecular weight excluding hydrogens is 352 g/mol. The normalized spacial score (nSPS) is 33.1. The number of fused-ring (bicyclic) bond motifs is 5. The van der Waals surface area contributed by atoms with Crippen LogP contribution < -0.4 is 10.6 Å². The summed E-state index contributed by atoms with van der Waals surface area (Å²) in [5.74, 6) is -0.648. The van der Waals surface area contributed by atoms with Crippen molar-refractivity contribution in [2.45, 2.75) is 63.4 Å². The zero-order valence-electron chi connectivity index (χ0n) is 15.6. The summed E-state index contributed by atoms with van der Waals surface area (Å²) in [6.45, 7) is 2.24. The van der Waals surface area contributed by atoms with Crippen molar-refractivity contribution < 1.29 is 29.0 Å². The zero-order chi connectivity index (χ0) is 19.4. The first-order chi connectivity index (χ1) is 13.0. The molecule has 0 radical (unpaired) electrons. The Morgan fingerprint density at radius 3 is 2.37 bits per heavy atom. The summed E-state index contributed by atoms with van der Waals surface area (Å²) < 4.78 is 11.7. The van der Waals surface area contributed by atoms with E-state index < -0.39 is 5.97 Å². The number of allylic oxidation sites excluding steroid dienone is 2. The Bertz CT molecular complexity index is 607. The molecule has 27 heavy (non-hydrogen) atoms. The second kappa shape index (κ2) is 8.84. The molecule has 3 aliphatic rings. The van der Waals surface area contributed by atoms with Gasteiger partial charge in [0.25, 0.3) is 0 Å². The Labute approximate surface area is 158 Å². The van der Waals surface area contributed by atoms with E-state index in [-0.39, 0.29) is 61.0 Å². The highest BCUT2D eigenvalue weighted by atomic mass is 16.7. The molecule has 3 aliphatic heterocycles. The summed E-state index contributed by atoms with van der Waals surface area (Å²) in [6, 6.07) is 0. The average Bonchev–Trinajstić information content (AvgIpc) is 3.27. The van der Waals surface area contributed by atoms with Crippen molar-refractivity contribution in [2.75, 3.05) is 13.1 Å². The maximum Gasteiger partial charge on any atom is 0.303 e. The first-order valence-corrected chi connectivity index (χ1v) is 9.72. The van der Waals surface area contributed by atoms with Gasteiger partial charge in [-0.1, -0.05) is 19.1 Å². The number of epoxide rings is 1. The van der Waals surface area contributed by atoms with Crippen molar-refractivity contribution >= 4 is 17.8 Å². The molecule has 8 nitrogen and oxygen atoms in total. The number of hydrogen-bond donors (Lipinski definition) is 3. The maximum absolute atomic E-state index is 12.0. The number of amides is 2. The summed E-state index contributed by atoms with van der Waals surface area (Å²) in [5.41, 5.74) is 0. The molecule has 8 heteroatoms. The SMILES string of the molecule is CCC(=O)NCC(=O)NC[C@@H]1[C@H](C/C=C\CCCC(=O)O)[C@H]2O[C@@H]1[C@H]1O[C@H]12. The summed E-state index contributed by atoms with van der Waals surface area (Å²) >= 11 is 0. The van der Waals surface area contributed by atoms with Crippen molar-refractivity contribution in [3.05, 3.63) is 12.2 Å². The van der Waals surface area contributed by atoms with Crippen LogP contribution in [0.2, 0.25) is 0 Å². The molecule has 2 bridgehead atoms. The molecule has 2 amide bonds. The molecule has 3 N–H and O–H groups in total. The van der Waals surface area contributed by atoms with E-state index in [9.17, 15) is 14.4 Å². The minimum Gasteiger partial charge on any atom is -0.481 e. The molecule has 0 aromatic carbocycles. The first-order valence-electron chi connectivity index (χ1n) is 9.72.